The molecule has 2 aromatic rings. The highest BCUT2D eigenvalue weighted by molar-refractivity contribution is 5.76. The fourth-order valence-electron chi connectivity index (χ4n) is 1.47. The van der Waals surface area contributed by atoms with Gasteiger partial charge in [-0.15, -0.1) is 0 Å². The van der Waals surface area contributed by atoms with Crippen molar-refractivity contribution in [3.63, 3.8) is 0 Å². The Bertz CT molecular complexity index is 467. The highest BCUT2D eigenvalue weighted by atomic mass is 16.3. The summed E-state index contributed by atoms with van der Waals surface area (Å²) in [5, 5.41) is 18.9. The molecule has 0 spiro atoms. The number of aliphatic hydroxyl groups excluding tert-OH is 1. The minimum Gasteiger partial charge on any atom is -0.508 e. The molecule has 0 fully saturated rings. The van der Waals surface area contributed by atoms with Crippen LogP contribution in [0.3, 0.4) is 0 Å². The van der Waals surface area contributed by atoms with Crippen LogP contribution in [-0.4, -0.2) is 26.7 Å². The first kappa shape index (κ1) is 9.95. The number of fused-ring (bicyclic) bond motifs is 1. The first-order chi connectivity index (χ1) is 7.20. The maximum Gasteiger partial charge on any atom is 0.136 e. The monoisotopic (exact) mass is 207 g/mol. The van der Waals surface area contributed by atoms with Gasteiger partial charge >= 0.3 is 0 Å². The van der Waals surface area contributed by atoms with Crippen molar-refractivity contribution < 1.29 is 10.2 Å². The number of rotatable bonds is 3. The summed E-state index contributed by atoms with van der Waals surface area (Å²) in [6.07, 6.45) is -0.212. The van der Waals surface area contributed by atoms with Crippen molar-refractivity contribution in [3.05, 3.63) is 24.0 Å². The molecule has 0 bridgehead atoms. The largest absolute Gasteiger partial charge is 0.508 e. The Hall–Kier alpha value is -1.59. The molecule has 0 amide bonds. The molecule has 0 aliphatic carbocycles. The molecular formula is C10H13N3O2. The molecule has 0 radical (unpaired) electrons. The number of H-pyrrole nitrogens is 1. The number of benzene rings is 1. The fourth-order valence-corrected chi connectivity index (χ4v) is 1.47. The lowest BCUT2D eigenvalue weighted by Gasteiger charge is -2.03. The van der Waals surface area contributed by atoms with Crippen LogP contribution in [0.1, 0.15) is 18.3 Å². The van der Waals surface area contributed by atoms with Crippen LogP contribution >= 0.6 is 0 Å². The summed E-state index contributed by atoms with van der Waals surface area (Å²) < 4.78 is 0. The molecule has 0 aliphatic heterocycles. The number of hydrogen-bond donors (Lipinski definition) is 4. The smallest absolute Gasteiger partial charge is 0.136 e. The van der Waals surface area contributed by atoms with E-state index in [1.807, 2.05) is 0 Å². The van der Waals surface area contributed by atoms with Gasteiger partial charge in [0, 0.05) is 6.07 Å². The molecule has 0 aliphatic rings. The number of nitrogens with zero attached hydrogens (tertiary/aromatic N) is 1. The van der Waals surface area contributed by atoms with Crippen molar-refractivity contribution in [1.82, 2.24) is 9.97 Å². The quantitative estimate of drug-likeness (QED) is 0.594. The van der Waals surface area contributed by atoms with Crippen LogP contribution in [0.4, 0.5) is 0 Å². The maximum atomic E-state index is 9.65. The number of nitrogens with two attached hydrogens (primary N) is 1. The molecule has 15 heavy (non-hydrogen) atoms. The number of nitrogens with one attached hydrogen (secondary N) is 1. The van der Waals surface area contributed by atoms with Crippen molar-refractivity contribution in [2.75, 3.05) is 6.54 Å². The molecule has 1 unspecified atom stereocenters. The number of aromatic nitrogens is 2. The van der Waals surface area contributed by atoms with E-state index in [0.29, 0.717) is 24.3 Å². The van der Waals surface area contributed by atoms with Gasteiger partial charge in [0.05, 0.1) is 11.0 Å². The first-order valence-corrected chi connectivity index (χ1v) is 4.77. The van der Waals surface area contributed by atoms with Crippen LogP contribution < -0.4 is 5.73 Å². The van der Waals surface area contributed by atoms with Gasteiger partial charge in [-0.1, -0.05) is 0 Å². The molecule has 1 heterocycles. The highest BCUT2D eigenvalue weighted by Crippen LogP contribution is 2.21. The van der Waals surface area contributed by atoms with Crippen LogP contribution in [0.25, 0.3) is 11.0 Å². The van der Waals surface area contributed by atoms with E-state index in [-0.39, 0.29) is 5.75 Å². The van der Waals surface area contributed by atoms with Crippen LogP contribution in [-0.2, 0) is 0 Å². The Kier molecular flexibility index (Phi) is 2.57. The summed E-state index contributed by atoms with van der Waals surface area (Å²) in [7, 11) is 0. The summed E-state index contributed by atoms with van der Waals surface area (Å²) >= 11 is 0. The van der Waals surface area contributed by atoms with Crippen molar-refractivity contribution in [2.24, 2.45) is 5.73 Å². The number of phenols is 1. The minimum absolute atomic E-state index is 0.172. The number of aliphatic hydroxyl groups is 1. The summed E-state index contributed by atoms with van der Waals surface area (Å²) in [5.74, 6) is 0.659. The predicted molar refractivity (Wildman–Crippen MR) is 56.4 cm³/mol. The molecule has 0 saturated carbocycles. The number of imidazole rings is 1. The zero-order valence-corrected chi connectivity index (χ0v) is 8.14. The number of phenolic OH excluding ortho intramolecular Hbond substituents is 1. The zero-order valence-electron chi connectivity index (χ0n) is 8.14. The summed E-state index contributed by atoms with van der Waals surface area (Å²) in [5.41, 5.74) is 6.77. The molecule has 5 nitrogen and oxygen atoms in total. The second kappa shape index (κ2) is 3.88. The molecule has 1 atom stereocenters. The second-order valence-corrected chi connectivity index (χ2v) is 3.42. The Labute approximate surface area is 86.6 Å². The molecule has 1 aromatic heterocycles. The molecule has 1 aromatic carbocycles. The normalized spacial score (nSPS) is 13.2. The molecule has 0 saturated heterocycles. The lowest BCUT2D eigenvalue weighted by Crippen LogP contribution is -2.07. The summed E-state index contributed by atoms with van der Waals surface area (Å²) in [6.45, 7) is 0.406. The van der Waals surface area contributed by atoms with Crippen molar-refractivity contribution in [2.45, 2.75) is 12.5 Å². The van der Waals surface area contributed by atoms with Gasteiger partial charge in [0.2, 0.25) is 0 Å². The van der Waals surface area contributed by atoms with E-state index in [1.165, 1.54) is 0 Å². The van der Waals surface area contributed by atoms with E-state index in [1.54, 1.807) is 18.2 Å². The summed E-state index contributed by atoms with van der Waals surface area (Å²) in [6, 6.07) is 4.82. The highest BCUT2D eigenvalue weighted by Gasteiger charge is 2.11. The fraction of sp³-hybridized carbons (Fsp3) is 0.300. The minimum atomic E-state index is -0.676. The number of aromatic amines is 1. The third-order valence-corrected chi connectivity index (χ3v) is 2.24. The standard InChI is InChI=1S/C10H13N3O2/c11-4-3-9(15)10-12-7-2-1-6(14)5-8(7)13-10/h1-2,5,9,14-15H,3-4,11H2,(H,12,13). The lowest BCUT2D eigenvalue weighted by atomic mass is 10.2. The van der Waals surface area contributed by atoms with Crippen molar-refractivity contribution in [3.8, 4) is 5.75 Å². The van der Waals surface area contributed by atoms with E-state index in [9.17, 15) is 10.2 Å². The number of aromatic hydroxyl groups is 1. The Morgan fingerprint density at radius 1 is 1.47 bits per heavy atom. The van der Waals surface area contributed by atoms with E-state index in [4.69, 9.17) is 5.73 Å². The van der Waals surface area contributed by atoms with E-state index in [2.05, 4.69) is 9.97 Å². The van der Waals surface area contributed by atoms with Crippen LogP contribution in [0, 0.1) is 0 Å². The van der Waals surface area contributed by atoms with Gasteiger partial charge in [-0.3, -0.25) is 0 Å². The Morgan fingerprint density at radius 2 is 2.27 bits per heavy atom. The van der Waals surface area contributed by atoms with Gasteiger partial charge in [-0.05, 0) is 25.1 Å². The topological polar surface area (TPSA) is 95.2 Å². The molecule has 5 N–H and O–H groups in total. The number of hydrogen-bond acceptors (Lipinski definition) is 4. The van der Waals surface area contributed by atoms with Crippen LogP contribution in [0.2, 0.25) is 0 Å². The lowest BCUT2D eigenvalue weighted by molar-refractivity contribution is 0.162. The van der Waals surface area contributed by atoms with E-state index in [0.717, 1.165) is 5.52 Å². The third-order valence-electron chi connectivity index (χ3n) is 2.24. The maximum absolute atomic E-state index is 9.65. The van der Waals surface area contributed by atoms with Gasteiger partial charge < -0.3 is 20.9 Å². The molecular weight excluding hydrogens is 194 g/mol. The Balaban J connectivity index is 2.38. The van der Waals surface area contributed by atoms with Gasteiger partial charge in [-0.2, -0.15) is 0 Å². The molecule has 80 valence electrons. The Morgan fingerprint density at radius 3 is 3.00 bits per heavy atom. The first-order valence-electron chi connectivity index (χ1n) is 4.77. The van der Waals surface area contributed by atoms with Gasteiger partial charge in [0.25, 0.3) is 0 Å². The van der Waals surface area contributed by atoms with Crippen molar-refractivity contribution in [1.29, 1.82) is 0 Å². The zero-order chi connectivity index (χ0) is 10.8. The van der Waals surface area contributed by atoms with Crippen LogP contribution in [0.15, 0.2) is 18.2 Å². The van der Waals surface area contributed by atoms with Gasteiger partial charge in [0.15, 0.2) is 0 Å². The average Bonchev–Trinajstić information content (AvgIpc) is 2.60. The van der Waals surface area contributed by atoms with E-state index >= 15 is 0 Å². The van der Waals surface area contributed by atoms with Crippen LogP contribution in [0.5, 0.6) is 5.75 Å². The summed E-state index contributed by atoms with van der Waals surface area (Å²) in [4.78, 5) is 7.14. The molecule has 5 heteroatoms. The van der Waals surface area contributed by atoms with Crippen molar-refractivity contribution >= 4 is 11.0 Å². The average molecular weight is 207 g/mol. The SMILES string of the molecule is NCCC(O)c1nc2ccc(O)cc2[nH]1. The van der Waals surface area contributed by atoms with Gasteiger partial charge in [0.1, 0.15) is 17.7 Å². The third kappa shape index (κ3) is 1.93. The van der Waals surface area contributed by atoms with E-state index < -0.39 is 6.10 Å². The van der Waals surface area contributed by atoms with Gasteiger partial charge in [-0.25, -0.2) is 4.98 Å². The predicted octanol–water partition coefficient (Wildman–Crippen LogP) is 0.651. The molecule has 2 rings (SSSR count). The second-order valence-electron chi connectivity index (χ2n) is 3.42.